The number of anilines is 1. The van der Waals surface area contributed by atoms with E-state index < -0.39 is 13.2 Å². The van der Waals surface area contributed by atoms with Crippen LogP contribution in [-0.2, 0) is 9.09 Å². The van der Waals surface area contributed by atoms with Crippen LogP contribution >= 0.6 is 7.37 Å². The third-order valence-electron chi connectivity index (χ3n) is 3.42. The predicted molar refractivity (Wildman–Crippen MR) is 93.4 cm³/mol. The molecule has 0 saturated carbocycles. The maximum Gasteiger partial charge on any atom is 0.264 e. The summed E-state index contributed by atoms with van der Waals surface area (Å²) in [6.45, 7) is 3.61. The van der Waals surface area contributed by atoms with Gasteiger partial charge >= 0.3 is 0 Å². The second-order valence-electron chi connectivity index (χ2n) is 5.82. The Morgan fingerprint density at radius 1 is 1.09 bits per heavy atom. The molecule has 1 aromatic heterocycles. The minimum Gasteiger partial charge on any atom is -0.378 e. The summed E-state index contributed by atoms with van der Waals surface area (Å²) in [6.07, 6.45) is 2.85. The summed E-state index contributed by atoms with van der Waals surface area (Å²) in [5, 5.41) is 11.2. The molecule has 2 rings (SSSR count). The van der Waals surface area contributed by atoms with E-state index in [1.54, 1.807) is 50.5 Å². The van der Waals surface area contributed by atoms with E-state index in [1.807, 2.05) is 31.1 Å². The van der Waals surface area contributed by atoms with Crippen LogP contribution < -0.4 is 10.2 Å². The highest BCUT2D eigenvalue weighted by Crippen LogP contribution is 2.58. The summed E-state index contributed by atoms with van der Waals surface area (Å²) in [5.41, 5.74) is 1.52. The van der Waals surface area contributed by atoms with Gasteiger partial charge in [0.15, 0.2) is 5.85 Å². The summed E-state index contributed by atoms with van der Waals surface area (Å²) in [6, 6.07) is 10.5. The van der Waals surface area contributed by atoms with Crippen molar-refractivity contribution in [1.82, 2.24) is 4.98 Å². The first-order valence-electron chi connectivity index (χ1n) is 7.48. The number of aliphatic hydroxyl groups excluding tert-OH is 1. The van der Waals surface area contributed by atoms with Crippen molar-refractivity contribution in [2.45, 2.75) is 25.8 Å². The summed E-state index contributed by atoms with van der Waals surface area (Å²) in [4.78, 5) is 5.88. The smallest absolute Gasteiger partial charge is 0.264 e. The Labute approximate surface area is 137 Å². The van der Waals surface area contributed by atoms with Crippen LogP contribution in [0.3, 0.4) is 0 Å². The van der Waals surface area contributed by atoms with Gasteiger partial charge in [0.2, 0.25) is 0 Å². The molecule has 1 aromatic carbocycles. The number of hydrogen-bond acceptors (Lipinski definition) is 5. The van der Waals surface area contributed by atoms with E-state index in [9.17, 15) is 9.67 Å². The van der Waals surface area contributed by atoms with Crippen molar-refractivity contribution in [3.8, 4) is 0 Å². The van der Waals surface area contributed by atoms with Crippen LogP contribution in [-0.4, -0.2) is 30.3 Å². The van der Waals surface area contributed by atoms with E-state index in [1.165, 1.54) is 0 Å². The fourth-order valence-electron chi connectivity index (χ4n) is 2.26. The third kappa shape index (κ3) is 3.99. The fourth-order valence-corrected chi connectivity index (χ4v) is 4.54. The van der Waals surface area contributed by atoms with Crippen LogP contribution in [0.1, 0.15) is 25.3 Å². The van der Waals surface area contributed by atoms with Gasteiger partial charge in [-0.05, 0) is 55.8 Å². The van der Waals surface area contributed by atoms with Gasteiger partial charge < -0.3 is 14.5 Å². The molecule has 0 saturated heterocycles. The molecule has 124 valence electrons. The van der Waals surface area contributed by atoms with Gasteiger partial charge in [0, 0.05) is 37.5 Å². The van der Waals surface area contributed by atoms with Crippen molar-refractivity contribution in [2.24, 2.45) is 0 Å². The maximum absolute atomic E-state index is 13.5. The Balaban J connectivity index is 2.44. The van der Waals surface area contributed by atoms with Gasteiger partial charge in [-0.25, -0.2) is 0 Å². The van der Waals surface area contributed by atoms with Crippen molar-refractivity contribution >= 4 is 18.4 Å². The standard InChI is InChI=1S/C17H23N2O3P/c1-13(2)22-23(21,17(20)14-9-11-18-12-10-14)16-7-5-15(6-8-16)19(3)4/h5-13,17,20H,1-4H3/t17-,23+/m1/s1. The topological polar surface area (TPSA) is 62.7 Å². The number of benzene rings is 1. The molecule has 0 aliphatic carbocycles. The lowest BCUT2D eigenvalue weighted by Crippen LogP contribution is -2.18. The quantitative estimate of drug-likeness (QED) is 0.822. The maximum atomic E-state index is 13.5. The highest BCUT2D eigenvalue weighted by atomic mass is 31.2. The zero-order valence-corrected chi connectivity index (χ0v) is 14.8. The molecule has 6 heteroatoms. The molecule has 0 spiro atoms. The van der Waals surface area contributed by atoms with Crippen molar-refractivity contribution in [2.75, 3.05) is 19.0 Å². The zero-order chi connectivity index (χ0) is 17.0. The zero-order valence-electron chi connectivity index (χ0n) is 13.9. The Bertz CT molecular complexity index is 672. The molecule has 1 heterocycles. The van der Waals surface area contributed by atoms with Gasteiger partial charge in [0.05, 0.1) is 6.10 Å². The first-order chi connectivity index (χ1) is 10.8. The van der Waals surface area contributed by atoms with Crippen molar-refractivity contribution in [3.05, 3.63) is 54.4 Å². The number of aromatic nitrogens is 1. The largest absolute Gasteiger partial charge is 0.378 e. The van der Waals surface area contributed by atoms with Crippen LogP contribution in [0.4, 0.5) is 5.69 Å². The number of rotatable bonds is 6. The first kappa shape index (κ1) is 17.7. The van der Waals surface area contributed by atoms with Gasteiger partial charge in [-0.3, -0.25) is 9.55 Å². The highest BCUT2D eigenvalue weighted by Gasteiger charge is 2.37. The summed E-state index contributed by atoms with van der Waals surface area (Å²) in [7, 11) is 0.389. The molecule has 0 aliphatic rings. The van der Waals surface area contributed by atoms with Crippen molar-refractivity contribution in [3.63, 3.8) is 0 Å². The molecular weight excluding hydrogens is 311 g/mol. The van der Waals surface area contributed by atoms with Crippen LogP contribution in [0.2, 0.25) is 0 Å². The van der Waals surface area contributed by atoms with Crippen LogP contribution in [0, 0.1) is 0 Å². The number of hydrogen-bond donors (Lipinski definition) is 1. The molecule has 0 radical (unpaired) electrons. The van der Waals surface area contributed by atoms with Gasteiger partial charge in [-0.2, -0.15) is 0 Å². The number of aliphatic hydroxyl groups is 1. The molecule has 2 aromatic rings. The molecule has 1 N–H and O–H groups in total. The van der Waals surface area contributed by atoms with E-state index in [0.717, 1.165) is 5.69 Å². The summed E-state index contributed by atoms with van der Waals surface area (Å²) < 4.78 is 19.2. The Morgan fingerprint density at radius 3 is 2.13 bits per heavy atom. The minimum atomic E-state index is -3.48. The molecule has 0 aliphatic heterocycles. The fraction of sp³-hybridized carbons (Fsp3) is 0.353. The number of pyridine rings is 1. The lowest BCUT2D eigenvalue weighted by Gasteiger charge is -2.26. The van der Waals surface area contributed by atoms with Crippen LogP contribution in [0.5, 0.6) is 0 Å². The lowest BCUT2D eigenvalue weighted by molar-refractivity contribution is 0.188. The van der Waals surface area contributed by atoms with E-state index in [0.29, 0.717) is 10.9 Å². The third-order valence-corrected chi connectivity index (χ3v) is 6.11. The normalized spacial score (nSPS) is 15.2. The second kappa shape index (κ2) is 7.26. The average molecular weight is 334 g/mol. The van der Waals surface area contributed by atoms with Crippen LogP contribution in [0.25, 0.3) is 0 Å². The molecule has 0 bridgehead atoms. The Morgan fingerprint density at radius 2 is 1.65 bits per heavy atom. The molecule has 0 unspecified atom stereocenters. The lowest BCUT2D eigenvalue weighted by atomic mass is 10.3. The van der Waals surface area contributed by atoms with E-state index in [2.05, 4.69) is 4.98 Å². The van der Waals surface area contributed by atoms with Gasteiger partial charge in [-0.1, -0.05) is 0 Å². The molecule has 2 atom stereocenters. The second-order valence-corrected chi connectivity index (χ2v) is 8.23. The van der Waals surface area contributed by atoms with Crippen LogP contribution in [0.15, 0.2) is 48.8 Å². The summed E-state index contributed by atoms with van der Waals surface area (Å²) >= 11 is 0. The highest BCUT2D eigenvalue weighted by molar-refractivity contribution is 7.67. The summed E-state index contributed by atoms with van der Waals surface area (Å²) in [5.74, 6) is -1.22. The monoisotopic (exact) mass is 334 g/mol. The van der Waals surface area contributed by atoms with Gasteiger partial charge in [0.25, 0.3) is 7.37 Å². The van der Waals surface area contributed by atoms with E-state index in [4.69, 9.17) is 4.52 Å². The SMILES string of the molecule is CC(C)O[P@@](=O)(c1ccc(N(C)C)cc1)[C@@H](O)c1ccncc1. The van der Waals surface area contributed by atoms with Crippen molar-refractivity contribution < 1.29 is 14.2 Å². The Hall–Kier alpha value is -1.68. The van der Waals surface area contributed by atoms with E-state index >= 15 is 0 Å². The molecule has 0 fully saturated rings. The molecular formula is C17H23N2O3P. The van der Waals surface area contributed by atoms with Gasteiger partial charge in [0.1, 0.15) is 0 Å². The molecule has 0 amide bonds. The Kier molecular flexibility index (Phi) is 5.58. The minimum absolute atomic E-state index is 0.272. The number of nitrogens with zero attached hydrogens (tertiary/aromatic N) is 2. The van der Waals surface area contributed by atoms with E-state index in [-0.39, 0.29) is 6.10 Å². The van der Waals surface area contributed by atoms with Crippen molar-refractivity contribution in [1.29, 1.82) is 0 Å². The predicted octanol–water partition coefficient (Wildman–Crippen LogP) is 3.17. The molecule has 23 heavy (non-hydrogen) atoms. The van der Waals surface area contributed by atoms with Gasteiger partial charge in [-0.15, -0.1) is 0 Å². The molecule has 5 nitrogen and oxygen atoms in total. The first-order valence-corrected chi connectivity index (χ1v) is 9.18. The average Bonchev–Trinajstić information content (AvgIpc) is 2.54.